The molecule has 0 saturated carbocycles. The molecule has 6 amide bonds. The largest absolute Gasteiger partial charge is 0.416 e. The molecule has 8 aromatic rings. The van der Waals surface area contributed by atoms with E-state index in [0.29, 0.717) is 50.0 Å². The van der Waals surface area contributed by atoms with E-state index in [9.17, 15) is 67.1 Å². The normalized spacial score (nSPS) is 16.9. The zero-order valence-corrected chi connectivity index (χ0v) is 59.0. The van der Waals surface area contributed by atoms with Crippen LogP contribution < -0.4 is 16.0 Å². The Hall–Kier alpha value is -9.76. The molecule has 7 aromatic carbocycles. The molecule has 5 heterocycles. The number of amides is 6. The zero-order chi connectivity index (χ0) is 76.1. The summed E-state index contributed by atoms with van der Waals surface area (Å²) in [5.41, 5.74) is 0.724. The highest BCUT2D eigenvalue weighted by atomic mass is 19.4. The minimum Gasteiger partial charge on any atom is -0.381 e. The van der Waals surface area contributed by atoms with E-state index in [4.69, 9.17) is 4.74 Å². The molecule has 0 spiro atoms. The first-order valence-electron chi connectivity index (χ1n) is 35.6. The van der Waals surface area contributed by atoms with Gasteiger partial charge in [-0.15, -0.1) is 0 Å². The number of halogens is 12. The average molecular weight is 1490 g/mol. The number of carbonyl (C=O) groups is 3. The smallest absolute Gasteiger partial charge is 0.381 e. The number of anilines is 3. The van der Waals surface area contributed by atoms with Gasteiger partial charge in [-0.25, -0.2) is 27.6 Å². The Morgan fingerprint density at radius 1 is 0.477 bits per heavy atom. The van der Waals surface area contributed by atoms with Crippen molar-refractivity contribution in [2.45, 2.75) is 114 Å². The lowest BCUT2D eigenvalue weighted by atomic mass is 10.00. The first kappa shape index (κ1) is 79.8. The first-order chi connectivity index (χ1) is 51.3. The fourth-order valence-corrected chi connectivity index (χ4v) is 13.7. The number of hydrogen-bond donors (Lipinski definition) is 3. The second kappa shape index (κ2) is 37.7. The number of benzene rings is 7. The maximum absolute atomic E-state index is 13.9. The van der Waals surface area contributed by atoms with Crippen LogP contribution in [-0.4, -0.2) is 136 Å². The Kier molecular flexibility index (Phi) is 28.1. The van der Waals surface area contributed by atoms with Crippen LogP contribution in [0.15, 0.2) is 206 Å². The number of nitrogens with one attached hydrogen (secondary N) is 3. The number of pyridine rings is 1. The van der Waals surface area contributed by atoms with Gasteiger partial charge in [0.05, 0.1) is 29.0 Å². The fourth-order valence-electron chi connectivity index (χ4n) is 13.7. The van der Waals surface area contributed by atoms with Crippen LogP contribution in [0.2, 0.25) is 0 Å². The molecule has 2 unspecified atom stereocenters. The van der Waals surface area contributed by atoms with Crippen molar-refractivity contribution in [3.05, 3.63) is 268 Å². The maximum atomic E-state index is 13.9. The minimum atomic E-state index is -4.72. The Bertz CT molecular complexity index is 4140. The van der Waals surface area contributed by atoms with E-state index in [2.05, 4.69) is 54.7 Å². The van der Waals surface area contributed by atoms with Gasteiger partial charge in [0.2, 0.25) is 0 Å². The number of hydrogen-bond acceptors (Lipinski definition) is 8. The maximum Gasteiger partial charge on any atom is 0.416 e. The van der Waals surface area contributed by atoms with Gasteiger partial charge in [-0.3, -0.25) is 14.8 Å². The summed E-state index contributed by atoms with van der Waals surface area (Å²) in [6.07, 6.45) is -2.79. The van der Waals surface area contributed by atoms with E-state index in [0.717, 1.165) is 162 Å². The molecule has 12 rings (SSSR count). The summed E-state index contributed by atoms with van der Waals surface area (Å²) in [6, 6.07) is 48.4. The highest BCUT2D eigenvalue weighted by Crippen LogP contribution is 2.36. The fraction of sp³-hybridized carbons (Fsp3) is 0.358. The lowest BCUT2D eigenvalue weighted by Crippen LogP contribution is -2.49. The van der Waals surface area contributed by atoms with E-state index < -0.39 is 70.8 Å². The minimum absolute atomic E-state index is 0.0769. The Labute approximate surface area is 615 Å². The molecule has 26 heteroatoms. The van der Waals surface area contributed by atoms with Gasteiger partial charge in [-0.05, 0) is 147 Å². The molecule has 14 nitrogen and oxygen atoms in total. The molecule has 4 fully saturated rings. The molecule has 1 aromatic heterocycles. The van der Waals surface area contributed by atoms with E-state index in [1.54, 1.807) is 20.9 Å². The SMILES string of the molecule is CC(c1ccccn1)N1CCC(N(Cc2ccccc2)C(=O)Nc2cc(F)cc(C(F)(F)F)c2)CC1.O=C(Nc1cc(F)cc(C(F)(F)F)c1)N(Cc1ccccc1)C1CCN(C/C=C/c2ccccc2)CC1.O=C(Nc1cc(F)cc(C(F)(F)F)c1)N(Cc1ccccc1)C1CCN(CC2CCOC2)CC1. The molecule has 3 N–H and O–H groups in total. The third-order valence-corrected chi connectivity index (χ3v) is 19.4. The predicted molar refractivity (Wildman–Crippen MR) is 388 cm³/mol. The van der Waals surface area contributed by atoms with Crippen molar-refractivity contribution >= 4 is 41.2 Å². The van der Waals surface area contributed by atoms with Gasteiger partial charge in [0.1, 0.15) is 17.5 Å². The van der Waals surface area contributed by atoms with E-state index in [1.807, 2.05) is 140 Å². The van der Waals surface area contributed by atoms with Gasteiger partial charge in [0.15, 0.2) is 0 Å². The summed E-state index contributed by atoms with van der Waals surface area (Å²) in [7, 11) is 0. The lowest BCUT2D eigenvalue weighted by molar-refractivity contribution is -0.138. The van der Waals surface area contributed by atoms with Crippen LogP contribution in [0.3, 0.4) is 0 Å². The standard InChI is InChI=1S/C29H29F4N3O.C27H28F4N4O.C25H29F4N3O2/c30-25-18-24(29(31,32)33)19-26(20-25)34-28(37)36(21-23-10-5-2-6-11-23)27-13-16-35(17-14-27)15-7-12-22-8-3-1-4-9-22;1-19(25-9-5-6-12-32-25)34-13-10-24(11-14-34)35(18-20-7-3-2-4-8-20)26(36)33-23-16-21(27(29,30)31)15-22(28)17-23;26-21-12-20(25(27,28)29)13-22(14-21)30-24(33)32(16-18-4-2-1-3-5-18)23-6-9-31(10-7-23)15-19-8-11-34-17-19/h1-12,18-20,27H,13-17,21H2,(H,34,37);2-9,12,15-17,19,24H,10-11,13-14,18H2,1H3,(H,33,36);1-5,12-14,19,23H,6-11,15-17H2,(H,30,33)/b12-7+;;. The molecule has 2 atom stereocenters. The number of alkyl halides is 9. The summed E-state index contributed by atoms with van der Waals surface area (Å²) in [4.78, 5) is 56.2. The third-order valence-electron chi connectivity index (χ3n) is 19.4. The van der Waals surface area contributed by atoms with Crippen LogP contribution in [0, 0.1) is 23.4 Å². The van der Waals surface area contributed by atoms with Crippen LogP contribution in [0.5, 0.6) is 0 Å². The summed E-state index contributed by atoms with van der Waals surface area (Å²) >= 11 is 0. The van der Waals surface area contributed by atoms with Crippen molar-refractivity contribution in [3.8, 4) is 0 Å². The number of carbonyl (C=O) groups excluding carboxylic acids is 3. The van der Waals surface area contributed by atoms with Crippen LogP contribution in [0.25, 0.3) is 6.08 Å². The van der Waals surface area contributed by atoms with Gasteiger partial charge in [0, 0.05) is 126 Å². The Balaban J connectivity index is 0.000000172. The van der Waals surface area contributed by atoms with Crippen LogP contribution >= 0.6 is 0 Å². The molecule has 0 bridgehead atoms. The lowest BCUT2D eigenvalue weighted by Gasteiger charge is -2.40. The Morgan fingerprint density at radius 3 is 1.20 bits per heavy atom. The van der Waals surface area contributed by atoms with Crippen LogP contribution in [-0.2, 0) is 42.9 Å². The van der Waals surface area contributed by atoms with Crippen LogP contribution in [0.1, 0.15) is 103 Å². The number of likely N-dealkylation sites (tertiary alicyclic amines) is 3. The second-order valence-corrected chi connectivity index (χ2v) is 27.1. The third kappa shape index (κ3) is 24.4. The highest BCUT2D eigenvalue weighted by Gasteiger charge is 2.37. The molecule has 107 heavy (non-hydrogen) atoms. The number of piperidine rings is 3. The van der Waals surface area contributed by atoms with Crippen molar-refractivity contribution in [3.63, 3.8) is 0 Å². The van der Waals surface area contributed by atoms with E-state index in [-0.39, 0.29) is 47.8 Å². The zero-order valence-electron chi connectivity index (χ0n) is 59.0. The van der Waals surface area contributed by atoms with Crippen molar-refractivity contribution < 1.29 is 71.8 Å². The molecule has 0 aliphatic carbocycles. The first-order valence-corrected chi connectivity index (χ1v) is 35.6. The van der Waals surface area contributed by atoms with E-state index in [1.165, 1.54) is 0 Å². The van der Waals surface area contributed by atoms with Gasteiger partial charge < -0.3 is 40.3 Å². The van der Waals surface area contributed by atoms with Gasteiger partial charge in [-0.1, -0.05) is 140 Å². The molecule has 4 saturated heterocycles. The van der Waals surface area contributed by atoms with E-state index >= 15 is 0 Å². The molecule has 0 radical (unpaired) electrons. The summed E-state index contributed by atoms with van der Waals surface area (Å²) < 4.78 is 165. The number of rotatable bonds is 19. The quantitative estimate of drug-likeness (QED) is 0.0683. The number of aromatic nitrogens is 1. The molecule has 568 valence electrons. The highest BCUT2D eigenvalue weighted by molar-refractivity contribution is 5.91. The molecular formula is C81H86F12N10O4. The van der Waals surface area contributed by atoms with Crippen molar-refractivity contribution in [1.82, 2.24) is 34.4 Å². The summed E-state index contributed by atoms with van der Waals surface area (Å²) in [5.74, 6) is -2.64. The second-order valence-electron chi connectivity index (χ2n) is 27.1. The van der Waals surface area contributed by atoms with Crippen molar-refractivity contribution in [2.75, 3.05) is 81.5 Å². The van der Waals surface area contributed by atoms with Crippen LogP contribution in [0.4, 0.5) is 84.1 Å². The molecule has 4 aliphatic heterocycles. The predicted octanol–water partition coefficient (Wildman–Crippen LogP) is 18.9. The van der Waals surface area contributed by atoms with Gasteiger partial charge >= 0.3 is 36.6 Å². The number of ether oxygens (including phenoxy) is 1. The van der Waals surface area contributed by atoms with Gasteiger partial charge in [0.25, 0.3) is 0 Å². The van der Waals surface area contributed by atoms with Gasteiger partial charge in [-0.2, -0.15) is 39.5 Å². The summed E-state index contributed by atoms with van der Waals surface area (Å²) in [6.45, 7) is 11.0. The molecular weight excluding hydrogens is 1400 g/mol. The average Bonchev–Trinajstić information content (AvgIpc) is 0.974. The topological polar surface area (TPSA) is 129 Å². The van der Waals surface area contributed by atoms with Crippen molar-refractivity contribution in [2.24, 2.45) is 5.92 Å². The molecule has 4 aliphatic rings. The monoisotopic (exact) mass is 1490 g/mol. The Morgan fingerprint density at radius 2 is 0.841 bits per heavy atom. The number of urea groups is 3. The van der Waals surface area contributed by atoms with Crippen molar-refractivity contribution in [1.29, 1.82) is 0 Å². The summed E-state index contributed by atoms with van der Waals surface area (Å²) in [5, 5.41) is 7.49. The number of nitrogens with zero attached hydrogens (tertiary/aromatic N) is 7.